The second kappa shape index (κ2) is 6.61. The molecule has 0 aliphatic rings. The Morgan fingerprint density at radius 1 is 1.15 bits per heavy atom. The molecular formula is C16H17BrClNO. The van der Waals surface area contributed by atoms with Crippen LogP contribution in [0.2, 0.25) is 5.02 Å². The lowest BCUT2D eigenvalue weighted by molar-refractivity contribution is 0.414. The van der Waals surface area contributed by atoms with E-state index in [1.54, 1.807) is 7.11 Å². The van der Waals surface area contributed by atoms with Gasteiger partial charge in [-0.15, -0.1) is 0 Å². The molecular weight excluding hydrogens is 338 g/mol. The largest absolute Gasteiger partial charge is 0.497 e. The molecule has 0 aromatic heterocycles. The molecule has 4 heteroatoms. The fourth-order valence-corrected chi connectivity index (χ4v) is 3.14. The Balaban J connectivity index is 2.47. The molecule has 0 bridgehead atoms. The van der Waals surface area contributed by atoms with Crippen molar-refractivity contribution in [3.05, 3.63) is 62.6 Å². The molecule has 0 saturated carbocycles. The van der Waals surface area contributed by atoms with Crippen molar-refractivity contribution < 1.29 is 4.74 Å². The third-order valence-corrected chi connectivity index (χ3v) is 4.29. The van der Waals surface area contributed by atoms with Gasteiger partial charge in [0, 0.05) is 9.50 Å². The molecule has 1 unspecified atom stereocenters. The van der Waals surface area contributed by atoms with E-state index in [1.165, 1.54) is 0 Å². The third kappa shape index (κ3) is 3.17. The quantitative estimate of drug-likeness (QED) is 0.857. The Kier molecular flexibility index (Phi) is 5.08. The molecule has 20 heavy (non-hydrogen) atoms. The van der Waals surface area contributed by atoms with Crippen LogP contribution in [0.15, 0.2) is 40.9 Å². The molecule has 2 nitrogen and oxygen atoms in total. The van der Waals surface area contributed by atoms with E-state index in [0.29, 0.717) is 0 Å². The second-order valence-electron chi connectivity index (χ2n) is 4.63. The van der Waals surface area contributed by atoms with E-state index >= 15 is 0 Å². The smallest absolute Gasteiger partial charge is 0.120 e. The SMILES string of the molecule is CNC(c1ccc(C)cc1Cl)c1ccc(OC)cc1Br. The summed E-state index contributed by atoms with van der Waals surface area (Å²) in [5, 5.41) is 4.09. The Morgan fingerprint density at radius 2 is 1.85 bits per heavy atom. The predicted octanol–water partition coefficient (Wildman–Crippen LogP) is 4.73. The maximum absolute atomic E-state index is 6.38. The number of aryl methyl sites for hydroxylation is 1. The van der Waals surface area contributed by atoms with E-state index in [-0.39, 0.29) is 6.04 Å². The van der Waals surface area contributed by atoms with Crippen LogP contribution in [0.25, 0.3) is 0 Å². The minimum absolute atomic E-state index is 0.0309. The lowest BCUT2D eigenvalue weighted by atomic mass is 9.98. The van der Waals surface area contributed by atoms with Crippen LogP contribution in [0.1, 0.15) is 22.7 Å². The molecule has 0 saturated heterocycles. The van der Waals surface area contributed by atoms with Gasteiger partial charge in [0.05, 0.1) is 13.2 Å². The van der Waals surface area contributed by atoms with Gasteiger partial charge in [0.2, 0.25) is 0 Å². The highest BCUT2D eigenvalue weighted by Gasteiger charge is 2.18. The molecule has 0 aliphatic heterocycles. The van der Waals surface area contributed by atoms with Gasteiger partial charge in [0.15, 0.2) is 0 Å². The van der Waals surface area contributed by atoms with Crippen molar-refractivity contribution in [3.63, 3.8) is 0 Å². The number of benzene rings is 2. The molecule has 2 aromatic rings. The Bertz CT molecular complexity index is 615. The first kappa shape index (κ1) is 15.4. The van der Waals surface area contributed by atoms with Gasteiger partial charge in [-0.05, 0) is 48.9 Å². The summed E-state index contributed by atoms with van der Waals surface area (Å²) < 4.78 is 6.23. The first-order valence-corrected chi connectivity index (χ1v) is 7.50. The number of rotatable bonds is 4. The van der Waals surface area contributed by atoms with Gasteiger partial charge in [0.1, 0.15) is 5.75 Å². The molecule has 0 radical (unpaired) electrons. The maximum Gasteiger partial charge on any atom is 0.120 e. The van der Waals surface area contributed by atoms with E-state index in [4.69, 9.17) is 16.3 Å². The topological polar surface area (TPSA) is 21.3 Å². The van der Waals surface area contributed by atoms with Crippen LogP contribution in [0.3, 0.4) is 0 Å². The Morgan fingerprint density at radius 3 is 2.40 bits per heavy atom. The van der Waals surface area contributed by atoms with Crippen molar-refractivity contribution in [2.75, 3.05) is 14.2 Å². The molecule has 0 fully saturated rings. The summed E-state index contributed by atoms with van der Waals surface area (Å²) >= 11 is 9.99. The van der Waals surface area contributed by atoms with Crippen molar-refractivity contribution in [2.24, 2.45) is 0 Å². The van der Waals surface area contributed by atoms with Gasteiger partial charge >= 0.3 is 0 Å². The summed E-state index contributed by atoms with van der Waals surface area (Å²) in [5.41, 5.74) is 3.34. The van der Waals surface area contributed by atoms with Crippen LogP contribution in [0.5, 0.6) is 5.75 Å². The van der Waals surface area contributed by atoms with Crippen LogP contribution < -0.4 is 10.1 Å². The minimum atomic E-state index is 0.0309. The molecule has 2 rings (SSSR count). The molecule has 106 valence electrons. The Labute approximate surface area is 133 Å². The van der Waals surface area contributed by atoms with Gasteiger partial charge in [-0.2, -0.15) is 0 Å². The van der Waals surface area contributed by atoms with Crippen molar-refractivity contribution >= 4 is 27.5 Å². The highest BCUT2D eigenvalue weighted by molar-refractivity contribution is 9.10. The number of ether oxygens (including phenoxy) is 1. The fraction of sp³-hybridized carbons (Fsp3) is 0.250. The molecule has 0 aliphatic carbocycles. The zero-order valence-electron chi connectivity index (χ0n) is 11.7. The fourth-order valence-electron chi connectivity index (χ4n) is 2.21. The monoisotopic (exact) mass is 353 g/mol. The lowest BCUT2D eigenvalue weighted by Crippen LogP contribution is -2.18. The average molecular weight is 355 g/mol. The number of hydrogen-bond donors (Lipinski definition) is 1. The summed E-state index contributed by atoms with van der Waals surface area (Å²) in [6.07, 6.45) is 0. The maximum atomic E-state index is 6.38. The molecule has 0 heterocycles. The molecule has 2 aromatic carbocycles. The summed E-state index contributed by atoms with van der Waals surface area (Å²) in [6.45, 7) is 2.04. The van der Waals surface area contributed by atoms with Crippen LogP contribution in [-0.4, -0.2) is 14.2 Å². The highest BCUT2D eigenvalue weighted by atomic mass is 79.9. The lowest BCUT2D eigenvalue weighted by Gasteiger charge is -2.20. The van der Waals surface area contributed by atoms with E-state index in [2.05, 4.69) is 33.4 Å². The number of halogens is 2. The van der Waals surface area contributed by atoms with Crippen LogP contribution in [-0.2, 0) is 0 Å². The van der Waals surface area contributed by atoms with Crippen LogP contribution >= 0.6 is 27.5 Å². The minimum Gasteiger partial charge on any atom is -0.497 e. The third-order valence-electron chi connectivity index (χ3n) is 3.27. The second-order valence-corrected chi connectivity index (χ2v) is 5.90. The normalized spacial score (nSPS) is 12.2. The Hall–Kier alpha value is -1.03. The first-order chi connectivity index (χ1) is 9.56. The van der Waals surface area contributed by atoms with E-state index < -0.39 is 0 Å². The van der Waals surface area contributed by atoms with Crippen molar-refractivity contribution in [1.29, 1.82) is 0 Å². The standard InChI is InChI=1S/C16H17BrClNO/c1-10-4-6-13(15(18)8-10)16(19-2)12-7-5-11(20-3)9-14(12)17/h4-9,16,19H,1-3H3. The molecule has 0 spiro atoms. The summed E-state index contributed by atoms with van der Waals surface area (Å²) in [6, 6.07) is 12.1. The summed E-state index contributed by atoms with van der Waals surface area (Å²) in [4.78, 5) is 0. The first-order valence-electron chi connectivity index (χ1n) is 6.33. The van der Waals surface area contributed by atoms with Crippen LogP contribution in [0.4, 0.5) is 0 Å². The van der Waals surface area contributed by atoms with Crippen molar-refractivity contribution in [1.82, 2.24) is 5.32 Å². The van der Waals surface area contributed by atoms with E-state index in [0.717, 1.165) is 31.9 Å². The van der Waals surface area contributed by atoms with Crippen molar-refractivity contribution in [3.8, 4) is 5.75 Å². The number of nitrogens with one attached hydrogen (secondary N) is 1. The molecule has 1 atom stereocenters. The molecule has 0 amide bonds. The highest BCUT2D eigenvalue weighted by Crippen LogP contribution is 2.34. The summed E-state index contributed by atoms with van der Waals surface area (Å²) in [7, 11) is 3.59. The van der Waals surface area contributed by atoms with Gasteiger partial charge in [-0.1, -0.05) is 45.7 Å². The van der Waals surface area contributed by atoms with Crippen LogP contribution in [0, 0.1) is 6.92 Å². The van der Waals surface area contributed by atoms with Gasteiger partial charge in [-0.3, -0.25) is 0 Å². The van der Waals surface area contributed by atoms with E-state index in [1.807, 2.05) is 38.2 Å². The van der Waals surface area contributed by atoms with Gasteiger partial charge in [0.25, 0.3) is 0 Å². The molecule has 1 N–H and O–H groups in total. The van der Waals surface area contributed by atoms with E-state index in [9.17, 15) is 0 Å². The van der Waals surface area contributed by atoms with Gasteiger partial charge < -0.3 is 10.1 Å². The number of methoxy groups -OCH3 is 1. The zero-order chi connectivity index (χ0) is 14.7. The predicted molar refractivity (Wildman–Crippen MR) is 87.8 cm³/mol. The number of hydrogen-bond acceptors (Lipinski definition) is 2. The zero-order valence-corrected chi connectivity index (χ0v) is 14.0. The van der Waals surface area contributed by atoms with Crippen molar-refractivity contribution in [2.45, 2.75) is 13.0 Å². The van der Waals surface area contributed by atoms with Gasteiger partial charge in [-0.25, -0.2) is 0 Å². The average Bonchev–Trinajstić information content (AvgIpc) is 2.43. The summed E-state index contributed by atoms with van der Waals surface area (Å²) in [5.74, 6) is 0.825.